The van der Waals surface area contributed by atoms with Gasteiger partial charge in [-0.15, -0.1) is 22.0 Å². The molecule has 3 rings (SSSR count). The fourth-order valence-corrected chi connectivity index (χ4v) is 5.57. The molecule has 1 N–H and O–H groups in total. The highest BCUT2D eigenvalue weighted by Crippen LogP contribution is 2.27. The van der Waals surface area contributed by atoms with Crippen molar-refractivity contribution >= 4 is 81.5 Å². The summed E-state index contributed by atoms with van der Waals surface area (Å²) in [6, 6.07) is 10.4. The van der Waals surface area contributed by atoms with Crippen molar-refractivity contribution in [1.29, 1.82) is 0 Å². The summed E-state index contributed by atoms with van der Waals surface area (Å²) in [5.41, 5.74) is 1.57. The Kier molecular flexibility index (Phi) is 9.25. The third-order valence-corrected chi connectivity index (χ3v) is 7.06. The molecule has 1 amide bonds. The molecule has 3 aromatic rings. The minimum absolute atomic E-state index is 0.178. The maximum Gasteiger partial charge on any atom is 0.234 e. The van der Waals surface area contributed by atoms with Crippen molar-refractivity contribution in [2.24, 2.45) is 0 Å². The van der Waals surface area contributed by atoms with E-state index in [9.17, 15) is 4.79 Å². The topological polar surface area (TPSA) is 59.8 Å². The summed E-state index contributed by atoms with van der Waals surface area (Å²) >= 11 is 27.1. The van der Waals surface area contributed by atoms with E-state index < -0.39 is 0 Å². The van der Waals surface area contributed by atoms with Gasteiger partial charge in [-0.25, -0.2) is 0 Å². The van der Waals surface area contributed by atoms with Gasteiger partial charge < -0.3 is 9.88 Å². The number of carbonyl (C=O) groups is 1. The number of halogens is 4. The van der Waals surface area contributed by atoms with Gasteiger partial charge in [-0.05, 0) is 42.8 Å². The first-order valence-corrected chi connectivity index (χ1v) is 12.8. The van der Waals surface area contributed by atoms with E-state index in [-0.39, 0.29) is 11.7 Å². The highest BCUT2D eigenvalue weighted by atomic mass is 35.5. The molecule has 0 fully saturated rings. The lowest BCUT2D eigenvalue weighted by molar-refractivity contribution is -0.113. The van der Waals surface area contributed by atoms with Crippen molar-refractivity contribution in [3.63, 3.8) is 0 Å². The summed E-state index contributed by atoms with van der Waals surface area (Å²) < 4.78 is 2.00. The number of rotatable bonds is 9. The molecule has 0 radical (unpaired) electrons. The number of thioether (sulfide) groups is 2. The molecule has 0 saturated heterocycles. The van der Waals surface area contributed by atoms with Crippen molar-refractivity contribution in [2.45, 2.75) is 30.1 Å². The molecule has 31 heavy (non-hydrogen) atoms. The third kappa shape index (κ3) is 7.20. The molecule has 0 aliphatic carbocycles. The van der Waals surface area contributed by atoms with Crippen LogP contribution in [0.3, 0.4) is 0 Å². The minimum Gasteiger partial charge on any atom is -0.325 e. The molecule has 1 heterocycles. The Morgan fingerprint density at radius 2 is 1.74 bits per heavy atom. The molecule has 0 saturated carbocycles. The smallest absolute Gasteiger partial charge is 0.234 e. The molecule has 164 valence electrons. The van der Waals surface area contributed by atoms with Gasteiger partial charge in [0, 0.05) is 38.1 Å². The lowest BCUT2D eigenvalue weighted by Crippen LogP contribution is -2.14. The van der Waals surface area contributed by atoms with Crippen LogP contribution in [0.15, 0.2) is 41.6 Å². The number of nitrogens with one attached hydrogen (secondary N) is 1. The SMILES string of the molecule is CCn1c(CSCc2ccc(Cl)cc2Cl)nnc1SCC(=O)Nc1cc(Cl)cc(Cl)c1. The number of anilines is 1. The van der Waals surface area contributed by atoms with Gasteiger partial charge in [0.25, 0.3) is 0 Å². The largest absolute Gasteiger partial charge is 0.325 e. The fraction of sp³-hybridized carbons (Fsp3) is 0.250. The lowest BCUT2D eigenvalue weighted by Gasteiger charge is -2.09. The number of nitrogens with zero attached hydrogens (tertiary/aromatic N) is 3. The maximum atomic E-state index is 12.3. The zero-order chi connectivity index (χ0) is 22.4. The van der Waals surface area contributed by atoms with E-state index in [0.29, 0.717) is 43.2 Å². The van der Waals surface area contributed by atoms with Gasteiger partial charge in [0.15, 0.2) is 5.16 Å². The van der Waals surface area contributed by atoms with Gasteiger partial charge in [-0.2, -0.15) is 0 Å². The molecule has 0 spiro atoms. The normalized spacial score (nSPS) is 11.0. The van der Waals surface area contributed by atoms with E-state index in [0.717, 1.165) is 17.1 Å². The molecule has 5 nitrogen and oxygen atoms in total. The number of carbonyl (C=O) groups excluding carboxylic acids is 1. The number of aromatic nitrogens is 3. The molecule has 1 aromatic heterocycles. The van der Waals surface area contributed by atoms with Crippen LogP contribution in [0.4, 0.5) is 5.69 Å². The van der Waals surface area contributed by atoms with Crippen LogP contribution in [0.5, 0.6) is 0 Å². The predicted octanol–water partition coefficient (Wildman–Crippen LogP) is 7.08. The van der Waals surface area contributed by atoms with E-state index in [2.05, 4.69) is 15.5 Å². The fourth-order valence-electron chi connectivity index (χ4n) is 2.69. The van der Waals surface area contributed by atoms with Gasteiger partial charge in [0.2, 0.25) is 5.91 Å². The number of hydrogen-bond donors (Lipinski definition) is 1. The number of hydrogen-bond acceptors (Lipinski definition) is 5. The summed E-state index contributed by atoms with van der Waals surface area (Å²) in [6.45, 7) is 2.73. The van der Waals surface area contributed by atoms with E-state index in [1.165, 1.54) is 11.8 Å². The first-order chi connectivity index (χ1) is 14.9. The second-order valence-corrected chi connectivity index (χ2v) is 10.0. The van der Waals surface area contributed by atoms with E-state index in [1.807, 2.05) is 23.6 Å². The second kappa shape index (κ2) is 11.7. The standard InChI is InChI=1S/C20H18Cl4N4OS2/c1-2-28-18(10-30-9-12-3-4-13(21)8-17(12)24)26-27-20(28)31-11-19(29)25-16-6-14(22)5-15(23)7-16/h3-8H,2,9-11H2,1H3,(H,25,29). The van der Waals surface area contributed by atoms with Gasteiger partial charge in [0.1, 0.15) is 5.82 Å². The molecule has 0 unspecified atom stereocenters. The predicted molar refractivity (Wildman–Crippen MR) is 133 cm³/mol. The Labute approximate surface area is 209 Å². The Bertz CT molecular complexity index is 1060. The summed E-state index contributed by atoms with van der Waals surface area (Å²) in [7, 11) is 0. The van der Waals surface area contributed by atoms with Crippen LogP contribution in [0.25, 0.3) is 0 Å². The Balaban J connectivity index is 1.54. The van der Waals surface area contributed by atoms with Crippen LogP contribution in [0.1, 0.15) is 18.3 Å². The maximum absolute atomic E-state index is 12.3. The van der Waals surface area contributed by atoms with Gasteiger partial charge >= 0.3 is 0 Å². The molecule has 0 atom stereocenters. The second-order valence-electron chi connectivity index (χ2n) is 6.37. The Hall–Kier alpha value is -1.09. The van der Waals surface area contributed by atoms with Crippen molar-refractivity contribution in [3.05, 3.63) is 67.9 Å². The number of amides is 1. The first kappa shape index (κ1) is 24.6. The van der Waals surface area contributed by atoms with Crippen molar-refractivity contribution in [1.82, 2.24) is 14.8 Å². The highest BCUT2D eigenvalue weighted by molar-refractivity contribution is 7.99. The minimum atomic E-state index is -0.178. The average molecular weight is 536 g/mol. The molecule has 0 bridgehead atoms. The zero-order valence-electron chi connectivity index (χ0n) is 16.4. The van der Waals surface area contributed by atoms with Crippen LogP contribution in [-0.2, 0) is 22.8 Å². The highest BCUT2D eigenvalue weighted by Gasteiger charge is 2.14. The average Bonchev–Trinajstić information content (AvgIpc) is 3.09. The third-order valence-electron chi connectivity index (χ3n) is 4.09. The van der Waals surface area contributed by atoms with Crippen LogP contribution in [0, 0.1) is 0 Å². The van der Waals surface area contributed by atoms with Gasteiger partial charge in [-0.1, -0.05) is 64.2 Å². The quantitative estimate of drug-likeness (QED) is 0.297. The molecule has 0 aliphatic heterocycles. The van der Waals surface area contributed by atoms with Crippen LogP contribution < -0.4 is 5.32 Å². The lowest BCUT2D eigenvalue weighted by atomic mass is 10.2. The van der Waals surface area contributed by atoms with Crippen LogP contribution in [-0.4, -0.2) is 26.4 Å². The molecule has 11 heteroatoms. The number of benzene rings is 2. The molecule has 2 aromatic carbocycles. The van der Waals surface area contributed by atoms with Gasteiger partial charge in [0.05, 0.1) is 11.5 Å². The van der Waals surface area contributed by atoms with Crippen LogP contribution in [0.2, 0.25) is 20.1 Å². The summed E-state index contributed by atoms with van der Waals surface area (Å²) in [5, 5.41) is 14.2. The molecular weight excluding hydrogens is 518 g/mol. The summed E-state index contributed by atoms with van der Waals surface area (Å²) in [5.74, 6) is 2.27. The van der Waals surface area contributed by atoms with E-state index in [4.69, 9.17) is 46.4 Å². The van der Waals surface area contributed by atoms with Crippen molar-refractivity contribution < 1.29 is 4.79 Å². The Morgan fingerprint density at radius 1 is 1.00 bits per heavy atom. The zero-order valence-corrected chi connectivity index (χ0v) is 21.0. The van der Waals surface area contributed by atoms with Crippen molar-refractivity contribution in [2.75, 3.05) is 11.1 Å². The summed E-state index contributed by atoms with van der Waals surface area (Å²) in [6.07, 6.45) is 0. The summed E-state index contributed by atoms with van der Waals surface area (Å²) in [4.78, 5) is 12.3. The van der Waals surface area contributed by atoms with Crippen molar-refractivity contribution in [3.8, 4) is 0 Å². The molecule has 0 aliphatic rings. The van der Waals surface area contributed by atoms with E-state index in [1.54, 1.807) is 36.0 Å². The van der Waals surface area contributed by atoms with Crippen LogP contribution >= 0.6 is 69.9 Å². The first-order valence-electron chi connectivity index (χ1n) is 9.18. The monoisotopic (exact) mass is 534 g/mol. The Morgan fingerprint density at radius 3 is 2.42 bits per heavy atom. The van der Waals surface area contributed by atoms with E-state index >= 15 is 0 Å². The van der Waals surface area contributed by atoms with Gasteiger partial charge in [-0.3, -0.25) is 4.79 Å². The molecular formula is C20H18Cl4N4OS2.